The molecule has 0 aliphatic heterocycles. The van der Waals surface area contributed by atoms with Crippen LogP contribution in [0.5, 0.6) is 0 Å². The van der Waals surface area contributed by atoms with Gasteiger partial charge in [-0.2, -0.15) is 0 Å². The van der Waals surface area contributed by atoms with Crippen molar-refractivity contribution in [2.24, 2.45) is 0 Å². The van der Waals surface area contributed by atoms with Crippen molar-refractivity contribution in [1.29, 1.82) is 0 Å². The van der Waals surface area contributed by atoms with Gasteiger partial charge >= 0.3 is 0 Å². The van der Waals surface area contributed by atoms with Gasteiger partial charge in [-0.15, -0.1) is 0 Å². The van der Waals surface area contributed by atoms with Crippen LogP contribution in [0.25, 0.3) is 0 Å². The zero-order chi connectivity index (χ0) is 0. The molecule has 4 N–H and O–H groups in total. The van der Waals surface area contributed by atoms with E-state index in [-0.39, 0.29) is 63.0 Å². The number of hydrogen-bond acceptors (Lipinski definition) is 0. The summed E-state index contributed by atoms with van der Waals surface area (Å²) in [7, 11) is 0. The van der Waals surface area contributed by atoms with E-state index < -0.39 is 0 Å². The molecular weight excluding hydrogens is 302 g/mol. The first kappa shape index (κ1) is 44.3. The second-order valence-corrected chi connectivity index (χ2v) is 0. The Morgan fingerprint density at radius 3 is 0.750 bits per heavy atom. The quantitative estimate of drug-likeness (QED) is 0.481. The summed E-state index contributed by atoms with van der Waals surface area (Å²) in [6.07, 6.45) is 0. The van der Waals surface area contributed by atoms with Gasteiger partial charge in [-0.05, 0) is 0 Å². The summed E-state index contributed by atoms with van der Waals surface area (Å²) in [6, 6.07) is 0. The SMILES string of the molecule is O.O.[Hf].[Zr]. The third-order valence-electron chi connectivity index (χ3n) is 0. The van der Waals surface area contributed by atoms with Gasteiger partial charge in [0.2, 0.25) is 0 Å². The Morgan fingerprint density at radius 2 is 0.750 bits per heavy atom. The van der Waals surface area contributed by atoms with Crippen molar-refractivity contribution in [3.63, 3.8) is 0 Å². The fourth-order valence-electron chi connectivity index (χ4n) is 0. The maximum atomic E-state index is 0. The molecule has 0 amide bonds. The van der Waals surface area contributed by atoms with Crippen LogP contribution < -0.4 is 0 Å². The van der Waals surface area contributed by atoms with E-state index in [1.54, 1.807) is 0 Å². The van der Waals surface area contributed by atoms with E-state index in [1.807, 2.05) is 0 Å². The number of rotatable bonds is 0. The Morgan fingerprint density at radius 1 is 0.750 bits per heavy atom. The monoisotopic (exact) mass is 306 g/mol. The van der Waals surface area contributed by atoms with Crippen LogP contribution in [0.3, 0.4) is 0 Å². The Kier molecular flexibility index (Phi) is 249. The molecule has 0 aromatic rings. The van der Waals surface area contributed by atoms with Gasteiger partial charge in [0, 0.05) is 52.0 Å². The molecule has 0 aromatic carbocycles. The summed E-state index contributed by atoms with van der Waals surface area (Å²) >= 11 is 0. The fraction of sp³-hybridized carbons (Fsp3) is 0. The van der Waals surface area contributed by atoms with Crippen LogP contribution in [-0.4, -0.2) is 11.0 Å². The van der Waals surface area contributed by atoms with Gasteiger partial charge in [0.1, 0.15) is 0 Å². The molecule has 4 heteroatoms. The van der Waals surface area contributed by atoms with Gasteiger partial charge in [-0.1, -0.05) is 0 Å². The normalized spacial score (nSPS) is 0. The van der Waals surface area contributed by atoms with E-state index in [4.69, 9.17) is 0 Å². The number of hydrogen-bond donors (Lipinski definition) is 0. The van der Waals surface area contributed by atoms with E-state index in [0.717, 1.165) is 0 Å². The van der Waals surface area contributed by atoms with Crippen LogP contribution in [0.4, 0.5) is 0 Å². The van der Waals surface area contributed by atoms with Crippen LogP contribution in [-0.2, 0) is 52.0 Å². The van der Waals surface area contributed by atoms with E-state index in [1.165, 1.54) is 0 Å². The summed E-state index contributed by atoms with van der Waals surface area (Å²) in [6.45, 7) is 0. The van der Waals surface area contributed by atoms with Crippen molar-refractivity contribution in [2.75, 3.05) is 0 Å². The molecule has 0 aliphatic rings. The van der Waals surface area contributed by atoms with Crippen LogP contribution in [0.15, 0.2) is 0 Å². The first-order valence-electron chi connectivity index (χ1n) is 0. The first-order chi connectivity index (χ1) is 0. The van der Waals surface area contributed by atoms with Crippen molar-refractivity contribution in [2.45, 2.75) is 0 Å². The molecular formula is H4HfO2Zr. The summed E-state index contributed by atoms with van der Waals surface area (Å²) in [5.41, 5.74) is 0. The topological polar surface area (TPSA) is 63.0 Å². The predicted molar refractivity (Wildman–Crippen MR) is 7.23 cm³/mol. The third kappa shape index (κ3) is 9.38. The van der Waals surface area contributed by atoms with Crippen LogP contribution in [0.2, 0.25) is 0 Å². The van der Waals surface area contributed by atoms with Gasteiger partial charge in [0.25, 0.3) is 0 Å². The van der Waals surface area contributed by atoms with Crippen molar-refractivity contribution in [3.05, 3.63) is 0 Å². The minimum Gasteiger partial charge on any atom is -0.412 e. The van der Waals surface area contributed by atoms with Gasteiger partial charge in [-0.3, -0.25) is 0 Å². The van der Waals surface area contributed by atoms with E-state index >= 15 is 0 Å². The minimum atomic E-state index is 0. The zero-order valence-corrected chi connectivity index (χ0v) is 8.05. The zero-order valence-electron chi connectivity index (χ0n) is 2.00. The van der Waals surface area contributed by atoms with E-state index in [0.29, 0.717) is 0 Å². The Labute approximate surface area is 62.5 Å². The van der Waals surface area contributed by atoms with E-state index in [2.05, 4.69) is 0 Å². The van der Waals surface area contributed by atoms with Crippen molar-refractivity contribution in [3.8, 4) is 0 Å². The smallest absolute Gasteiger partial charge is 0 e. The molecule has 0 aromatic heterocycles. The summed E-state index contributed by atoms with van der Waals surface area (Å²) in [5.74, 6) is 0. The van der Waals surface area contributed by atoms with Crippen LogP contribution >= 0.6 is 0 Å². The Bertz CT molecular complexity index is 6.00. The molecule has 0 heterocycles. The van der Waals surface area contributed by atoms with Crippen LogP contribution in [0.1, 0.15) is 0 Å². The molecule has 2 nitrogen and oxygen atoms in total. The Hall–Kier alpha value is 1.67. The van der Waals surface area contributed by atoms with Gasteiger partial charge in [0.05, 0.1) is 0 Å². The maximum absolute atomic E-state index is 0. The van der Waals surface area contributed by atoms with Crippen molar-refractivity contribution in [1.82, 2.24) is 0 Å². The van der Waals surface area contributed by atoms with Gasteiger partial charge in [-0.25, -0.2) is 0 Å². The summed E-state index contributed by atoms with van der Waals surface area (Å²) < 4.78 is 0. The molecule has 0 radical (unpaired) electrons. The molecule has 0 aliphatic carbocycles. The van der Waals surface area contributed by atoms with Gasteiger partial charge in [0.15, 0.2) is 0 Å². The predicted octanol–water partition coefficient (Wildman–Crippen LogP) is -1.65. The fourth-order valence-corrected chi connectivity index (χ4v) is 0. The van der Waals surface area contributed by atoms with Crippen molar-refractivity contribution < 1.29 is 63.0 Å². The molecule has 0 rings (SSSR count). The largest absolute Gasteiger partial charge is 0.412 e. The standard InChI is InChI=1S/Hf.2H2O.Zr/h;2*1H2;. The second kappa shape index (κ2) is 22.5. The first-order valence-corrected chi connectivity index (χ1v) is 0. The molecule has 0 fully saturated rings. The average molecular weight is 306 g/mol. The second-order valence-electron chi connectivity index (χ2n) is 0. The molecule has 0 unspecified atom stereocenters. The summed E-state index contributed by atoms with van der Waals surface area (Å²) in [5, 5.41) is 0. The van der Waals surface area contributed by atoms with Crippen molar-refractivity contribution >= 4 is 0 Å². The molecule has 0 bridgehead atoms. The molecule has 0 spiro atoms. The average Bonchev–Trinajstić information content (AvgIpc) is 0. The van der Waals surface area contributed by atoms with Crippen LogP contribution in [0, 0.1) is 0 Å². The molecule has 4 heavy (non-hydrogen) atoms. The Balaban J connectivity index is 0. The summed E-state index contributed by atoms with van der Waals surface area (Å²) in [4.78, 5) is 0. The minimum absolute atomic E-state index is 0. The molecule has 0 saturated carbocycles. The molecule has 0 atom stereocenters. The molecule has 24 valence electrons. The van der Waals surface area contributed by atoms with E-state index in [9.17, 15) is 0 Å². The molecule has 0 saturated heterocycles. The third-order valence-corrected chi connectivity index (χ3v) is 0. The maximum Gasteiger partial charge on any atom is 0 e. The van der Waals surface area contributed by atoms with Gasteiger partial charge < -0.3 is 11.0 Å².